The zero-order valence-corrected chi connectivity index (χ0v) is 7.33. The molecular weight excluding hydrogens is 239 g/mol. The van der Waals surface area contributed by atoms with Crippen molar-refractivity contribution in [2.45, 2.75) is 12.6 Å². The Labute approximate surface area is 84.9 Å². The molecular formula is C7H3F5N2O2. The molecule has 0 saturated carbocycles. The van der Waals surface area contributed by atoms with Crippen LogP contribution in [-0.2, 0) is 6.18 Å². The van der Waals surface area contributed by atoms with Crippen LogP contribution in [0, 0.1) is 10.1 Å². The van der Waals surface area contributed by atoms with E-state index in [1.807, 2.05) is 0 Å². The smallest absolute Gasteiger partial charge is 0.358 e. The molecule has 0 atom stereocenters. The summed E-state index contributed by atoms with van der Waals surface area (Å²) in [6.07, 6.45) is -8.55. The summed E-state index contributed by atoms with van der Waals surface area (Å²) in [7, 11) is 0. The van der Waals surface area contributed by atoms with Gasteiger partial charge in [0.2, 0.25) is 5.69 Å². The molecule has 9 heteroatoms. The first kappa shape index (κ1) is 12.3. The van der Waals surface area contributed by atoms with Crippen molar-refractivity contribution in [3.05, 3.63) is 33.5 Å². The first-order valence-corrected chi connectivity index (χ1v) is 3.74. The Morgan fingerprint density at radius 1 is 1.31 bits per heavy atom. The van der Waals surface area contributed by atoms with Gasteiger partial charge in [0.1, 0.15) is 5.56 Å². The van der Waals surface area contributed by atoms with E-state index in [9.17, 15) is 32.1 Å². The molecule has 4 nitrogen and oxygen atoms in total. The molecule has 0 unspecified atom stereocenters. The minimum absolute atomic E-state index is 0.215. The summed E-state index contributed by atoms with van der Waals surface area (Å²) < 4.78 is 61.0. The molecule has 0 aliphatic heterocycles. The maximum Gasteiger partial charge on any atom is 0.420 e. The topological polar surface area (TPSA) is 56.0 Å². The van der Waals surface area contributed by atoms with E-state index in [0.717, 1.165) is 0 Å². The van der Waals surface area contributed by atoms with Gasteiger partial charge < -0.3 is 10.1 Å². The van der Waals surface area contributed by atoms with Crippen molar-refractivity contribution in [1.29, 1.82) is 0 Å². The van der Waals surface area contributed by atoms with Crippen molar-refractivity contribution in [3.8, 4) is 0 Å². The molecule has 0 amide bonds. The zero-order chi connectivity index (χ0) is 12.5. The third-order valence-corrected chi connectivity index (χ3v) is 1.61. The van der Waals surface area contributed by atoms with E-state index < -0.39 is 34.6 Å². The molecule has 0 spiro atoms. The highest BCUT2D eigenvalue weighted by atomic mass is 19.4. The zero-order valence-electron chi connectivity index (χ0n) is 7.33. The van der Waals surface area contributed by atoms with Crippen molar-refractivity contribution < 1.29 is 26.9 Å². The average molecular weight is 242 g/mol. The molecule has 0 N–H and O–H groups in total. The Bertz CT molecular complexity index is 418. The second-order valence-electron chi connectivity index (χ2n) is 2.66. The molecule has 1 aromatic heterocycles. The summed E-state index contributed by atoms with van der Waals surface area (Å²) in [6, 6.07) is 0.640. The molecule has 0 aliphatic rings. The lowest BCUT2D eigenvalue weighted by Crippen LogP contribution is -2.12. The second-order valence-corrected chi connectivity index (χ2v) is 2.66. The minimum atomic E-state index is -5.02. The number of halogens is 5. The van der Waals surface area contributed by atoms with Crippen molar-refractivity contribution in [2.24, 2.45) is 0 Å². The van der Waals surface area contributed by atoms with Gasteiger partial charge >= 0.3 is 18.4 Å². The molecule has 0 radical (unpaired) electrons. The highest BCUT2D eigenvalue weighted by molar-refractivity contribution is 5.32. The van der Waals surface area contributed by atoms with E-state index in [1.165, 1.54) is 0 Å². The predicted molar refractivity (Wildman–Crippen MR) is 40.9 cm³/mol. The van der Waals surface area contributed by atoms with Crippen molar-refractivity contribution in [3.63, 3.8) is 0 Å². The van der Waals surface area contributed by atoms with Crippen molar-refractivity contribution >= 4 is 5.82 Å². The van der Waals surface area contributed by atoms with Crippen molar-refractivity contribution in [1.82, 2.24) is 4.98 Å². The van der Waals surface area contributed by atoms with Gasteiger partial charge in [0, 0.05) is 6.07 Å². The number of rotatable bonds is 2. The van der Waals surface area contributed by atoms with Gasteiger partial charge in [-0.25, -0.2) is 8.78 Å². The van der Waals surface area contributed by atoms with Crippen LogP contribution in [0.5, 0.6) is 0 Å². The van der Waals surface area contributed by atoms with Gasteiger partial charge in [-0.05, 0) is 16.0 Å². The average Bonchev–Trinajstić information content (AvgIpc) is 2.15. The van der Waals surface area contributed by atoms with E-state index in [0.29, 0.717) is 6.07 Å². The van der Waals surface area contributed by atoms with Crippen LogP contribution in [0.4, 0.5) is 27.8 Å². The van der Waals surface area contributed by atoms with Crippen LogP contribution in [0.15, 0.2) is 12.1 Å². The Morgan fingerprint density at radius 3 is 2.25 bits per heavy atom. The molecule has 0 aromatic carbocycles. The van der Waals surface area contributed by atoms with Gasteiger partial charge in [-0.3, -0.25) is 0 Å². The first-order valence-electron chi connectivity index (χ1n) is 3.74. The lowest BCUT2D eigenvalue weighted by Gasteiger charge is -2.07. The fourth-order valence-electron chi connectivity index (χ4n) is 0.972. The van der Waals surface area contributed by atoms with E-state index in [2.05, 4.69) is 4.98 Å². The highest BCUT2D eigenvalue weighted by Crippen LogP contribution is 2.36. The van der Waals surface area contributed by atoms with Gasteiger partial charge in [0.15, 0.2) is 0 Å². The largest absolute Gasteiger partial charge is 0.420 e. The number of hydrogen-bond acceptors (Lipinski definition) is 3. The normalized spacial score (nSPS) is 11.9. The molecule has 0 saturated heterocycles. The van der Waals surface area contributed by atoms with Crippen LogP contribution in [-0.4, -0.2) is 9.91 Å². The highest BCUT2D eigenvalue weighted by Gasteiger charge is 2.40. The summed E-state index contributed by atoms with van der Waals surface area (Å²) in [4.78, 5) is 11.7. The summed E-state index contributed by atoms with van der Waals surface area (Å²) in [5.41, 5.74) is -3.31. The van der Waals surface area contributed by atoms with Gasteiger partial charge in [0.05, 0.1) is 0 Å². The summed E-state index contributed by atoms with van der Waals surface area (Å²) in [5, 5.41) is 10.2. The standard InChI is InChI=1S/C7H3F5N2O2/c8-6(9)5-3(7(10,11)12)1-2-4(13-5)14(15)16/h1-2,6H. The van der Waals surface area contributed by atoms with Crippen LogP contribution in [0.3, 0.4) is 0 Å². The van der Waals surface area contributed by atoms with Crippen LogP contribution < -0.4 is 0 Å². The van der Waals surface area contributed by atoms with Crippen LogP contribution in [0.25, 0.3) is 0 Å². The Balaban J connectivity index is 3.37. The maximum absolute atomic E-state index is 12.2. The minimum Gasteiger partial charge on any atom is -0.358 e. The van der Waals surface area contributed by atoms with Gasteiger partial charge in [-0.1, -0.05) is 0 Å². The molecule has 0 fully saturated rings. The molecule has 1 heterocycles. The molecule has 1 aromatic rings. The number of alkyl halides is 5. The first-order chi connectivity index (χ1) is 7.23. The SMILES string of the molecule is O=[N+]([O-])c1ccc(C(F)(F)F)c(C(F)F)n1. The number of hydrogen-bond donors (Lipinski definition) is 0. The summed E-state index contributed by atoms with van der Waals surface area (Å²) >= 11 is 0. The summed E-state index contributed by atoms with van der Waals surface area (Å²) in [5.74, 6) is -1.05. The quantitative estimate of drug-likeness (QED) is 0.455. The molecule has 0 aliphatic carbocycles. The second kappa shape index (κ2) is 3.99. The van der Waals surface area contributed by atoms with Crippen LogP contribution >= 0.6 is 0 Å². The number of pyridine rings is 1. The predicted octanol–water partition coefficient (Wildman–Crippen LogP) is 2.95. The maximum atomic E-state index is 12.2. The van der Waals surface area contributed by atoms with Crippen LogP contribution in [0.1, 0.15) is 17.7 Å². The van der Waals surface area contributed by atoms with E-state index in [1.54, 1.807) is 0 Å². The van der Waals surface area contributed by atoms with Gasteiger partial charge in [-0.15, -0.1) is 0 Å². The third-order valence-electron chi connectivity index (χ3n) is 1.61. The lowest BCUT2D eigenvalue weighted by molar-refractivity contribution is -0.389. The van der Waals surface area contributed by atoms with E-state index >= 15 is 0 Å². The fourth-order valence-corrected chi connectivity index (χ4v) is 0.972. The van der Waals surface area contributed by atoms with E-state index in [-0.39, 0.29) is 6.07 Å². The Morgan fingerprint density at radius 2 is 1.88 bits per heavy atom. The molecule has 16 heavy (non-hydrogen) atoms. The number of nitrogens with zero attached hydrogens (tertiary/aromatic N) is 2. The van der Waals surface area contributed by atoms with Crippen molar-refractivity contribution in [2.75, 3.05) is 0 Å². The molecule has 1 rings (SSSR count). The van der Waals surface area contributed by atoms with Crippen LogP contribution in [0.2, 0.25) is 0 Å². The number of aromatic nitrogens is 1. The van der Waals surface area contributed by atoms with Gasteiger partial charge in [0.25, 0.3) is 0 Å². The monoisotopic (exact) mass is 242 g/mol. The van der Waals surface area contributed by atoms with Gasteiger partial charge in [-0.2, -0.15) is 13.2 Å². The summed E-state index contributed by atoms with van der Waals surface area (Å²) in [6.45, 7) is 0. The Kier molecular flexibility index (Phi) is 3.06. The molecule has 88 valence electrons. The van der Waals surface area contributed by atoms with E-state index in [4.69, 9.17) is 0 Å². The Hall–Kier alpha value is -1.80. The lowest BCUT2D eigenvalue weighted by atomic mass is 10.2. The third kappa shape index (κ3) is 2.41. The number of nitro groups is 1. The molecule has 0 bridgehead atoms. The fraction of sp³-hybridized carbons (Fsp3) is 0.286.